The molecule has 4 rings (SSSR count). The number of hydrogen-bond donors (Lipinski definition) is 1. The minimum absolute atomic E-state index is 0.0359. The number of nitrogens with zero attached hydrogens (tertiary/aromatic N) is 4. The van der Waals surface area contributed by atoms with Crippen LogP contribution < -0.4 is 5.32 Å². The van der Waals surface area contributed by atoms with E-state index < -0.39 is 10.8 Å². The molecule has 0 aliphatic heterocycles. The molecule has 0 unspecified atom stereocenters. The van der Waals surface area contributed by atoms with Crippen molar-refractivity contribution < 1.29 is 9.72 Å². The van der Waals surface area contributed by atoms with Crippen LogP contribution in [0.4, 0.5) is 11.4 Å². The Morgan fingerprint density at radius 3 is 2.48 bits per heavy atom. The van der Waals surface area contributed by atoms with E-state index in [-0.39, 0.29) is 11.5 Å². The first-order valence-corrected chi connectivity index (χ1v) is 9.59. The van der Waals surface area contributed by atoms with Crippen molar-refractivity contribution in [3.05, 3.63) is 99.9 Å². The van der Waals surface area contributed by atoms with Gasteiger partial charge in [0.05, 0.1) is 10.6 Å². The summed E-state index contributed by atoms with van der Waals surface area (Å²) < 4.78 is 1.65. The highest BCUT2D eigenvalue weighted by atomic mass is 16.6. The summed E-state index contributed by atoms with van der Waals surface area (Å²) in [6.07, 6.45) is 0. The lowest BCUT2D eigenvalue weighted by atomic mass is 10.1. The predicted octanol–water partition coefficient (Wildman–Crippen LogP) is 4.71. The summed E-state index contributed by atoms with van der Waals surface area (Å²) in [6.45, 7) is 4.00. The average Bonchev–Trinajstić information content (AvgIpc) is 3.22. The summed E-state index contributed by atoms with van der Waals surface area (Å²) >= 11 is 0. The van der Waals surface area contributed by atoms with Gasteiger partial charge in [-0.1, -0.05) is 48.5 Å². The Kier molecular flexibility index (Phi) is 5.28. The quantitative estimate of drug-likeness (QED) is 0.377. The van der Waals surface area contributed by atoms with Crippen LogP contribution in [0.1, 0.15) is 21.7 Å². The van der Waals surface area contributed by atoms with Crippen molar-refractivity contribution in [2.24, 2.45) is 0 Å². The predicted molar refractivity (Wildman–Crippen MR) is 117 cm³/mol. The second-order valence-electron chi connectivity index (χ2n) is 7.02. The average molecular weight is 413 g/mol. The number of nitro benzene ring substituents is 1. The number of amides is 1. The van der Waals surface area contributed by atoms with Gasteiger partial charge in [0.25, 0.3) is 11.6 Å². The van der Waals surface area contributed by atoms with Crippen molar-refractivity contribution >= 4 is 17.3 Å². The summed E-state index contributed by atoms with van der Waals surface area (Å²) in [5, 5.41) is 18.1. The zero-order chi connectivity index (χ0) is 22.0. The van der Waals surface area contributed by atoms with Crippen molar-refractivity contribution in [2.75, 3.05) is 5.32 Å². The van der Waals surface area contributed by atoms with E-state index >= 15 is 0 Å². The van der Waals surface area contributed by atoms with Gasteiger partial charge < -0.3 is 5.32 Å². The minimum Gasteiger partial charge on any atom is -0.319 e. The normalized spacial score (nSPS) is 10.6. The molecule has 0 aliphatic rings. The fourth-order valence-corrected chi connectivity index (χ4v) is 3.20. The molecule has 3 aromatic carbocycles. The number of carbonyl (C=O) groups is 1. The van der Waals surface area contributed by atoms with E-state index in [0.29, 0.717) is 11.5 Å². The summed E-state index contributed by atoms with van der Waals surface area (Å²) in [4.78, 5) is 27.8. The van der Waals surface area contributed by atoms with Gasteiger partial charge in [-0.25, -0.2) is 9.67 Å². The molecule has 154 valence electrons. The second-order valence-corrected chi connectivity index (χ2v) is 7.02. The van der Waals surface area contributed by atoms with Crippen LogP contribution in [-0.2, 0) is 0 Å². The molecule has 0 spiro atoms. The highest BCUT2D eigenvalue weighted by Gasteiger charge is 2.20. The second kappa shape index (κ2) is 8.19. The maximum atomic E-state index is 12.9. The SMILES string of the molecule is Cc1cccc(-n2nc(C(=O)Nc3cccc([N+](=O)[O-])c3)nc2-c2ccccc2)c1C. The van der Waals surface area contributed by atoms with Crippen LogP contribution in [0.5, 0.6) is 0 Å². The molecule has 1 amide bonds. The number of benzene rings is 3. The Morgan fingerprint density at radius 1 is 1.00 bits per heavy atom. The molecule has 8 heteroatoms. The van der Waals surface area contributed by atoms with E-state index in [1.165, 1.54) is 18.2 Å². The van der Waals surface area contributed by atoms with Gasteiger partial charge in [-0.2, -0.15) is 0 Å². The largest absolute Gasteiger partial charge is 0.319 e. The number of anilines is 1. The fourth-order valence-electron chi connectivity index (χ4n) is 3.20. The molecule has 1 heterocycles. The van der Waals surface area contributed by atoms with Gasteiger partial charge in [-0.15, -0.1) is 5.10 Å². The zero-order valence-electron chi connectivity index (χ0n) is 16.9. The molecular formula is C23H19N5O3. The molecule has 8 nitrogen and oxygen atoms in total. The lowest BCUT2D eigenvalue weighted by Crippen LogP contribution is -2.14. The molecule has 4 aromatic rings. The van der Waals surface area contributed by atoms with Crippen LogP contribution in [0, 0.1) is 24.0 Å². The molecule has 0 saturated heterocycles. The Bertz CT molecular complexity index is 1280. The first kappa shape index (κ1) is 20.0. The monoisotopic (exact) mass is 413 g/mol. The van der Waals surface area contributed by atoms with Gasteiger partial charge in [0.1, 0.15) is 0 Å². The van der Waals surface area contributed by atoms with E-state index in [0.717, 1.165) is 22.4 Å². The summed E-state index contributed by atoms with van der Waals surface area (Å²) in [7, 11) is 0. The number of nitrogens with one attached hydrogen (secondary N) is 1. The van der Waals surface area contributed by atoms with Gasteiger partial charge in [0.15, 0.2) is 5.82 Å². The number of non-ortho nitro benzene ring substituents is 1. The van der Waals surface area contributed by atoms with Crippen molar-refractivity contribution in [1.29, 1.82) is 0 Å². The first-order chi connectivity index (χ1) is 14.9. The number of aromatic nitrogens is 3. The zero-order valence-corrected chi connectivity index (χ0v) is 16.9. The molecule has 0 aliphatic carbocycles. The number of nitro groups is 1. The van der Waals surface area contributed by atoms with Crippen LogP contribution in [0.3, 0.4) is 0 Å². The highest BCUT2D eigenvalue weighted by Crippen LogP contribution is 2.25. The van der Waals surface area contributed by atoms with E-state index in [9.17, 15) is 14.9 Å². The number of hydrogen-bond acceptors (Lipinski definition) is 5. The van der Waals surface area contributed by atoms with Gasteiger partial charge in [-0.05, 0) is 37.1 Å². The molecular weight excluding hydrogens is 394 g/mol. The van der Waals surface area contributed by atoms with Gasteiger partial charge in [0.2, 0.25) is 5.82 Å². The molecule has 0 fully saturated rings. The smallest absolute Gasteiger partial charge is 0.295 e. The molecule has 0 atom stereocenters. The van der Waals surface area contributed by atoms with Crippen molar-refractivity contribution in [2.45, 2.75) is 13.8 Å². The van der Waals surface area contributed by atoms with E-state index in [2.05, 4.69) is 15.4 Å². The Morgan fingerprint density at radius 2 is 1.74 bits per heavy atom. The molecule has 0 bridgehead atoms. The maximum absolute atomic E-state index is 12.9. The Hall–Kier alpha value is -4.33. The molecule has 31 heavy (non-hydrogen) atoms. The maximum Gasteiger partial charge on any atom is 0.295 e. The van der Waals surface area contributed by atoms with Gasteiger partial charge in [0, 0.05) is 23.4 Å². The highest BCUT2D eigenvalue weighted by molar-refractivity contribution is 6.02. The van der Waals surface area contributed by atoms with Crippen molar-refractivity contribution in [1.82, 2.24) is 14.8 Å². The Balaban J connectivity index is 1.76. The first-order valence-electron chi connectivity index (χ1n) is 9.59. The van der Waals surface area contributed by atoms with Gasteiger partial charge in [-0.3, -0.25) is 14.9 Å². The summed E-state index contributed by atoms with van der Waals surface area (Å²) in [5.41, 5.74) is 3.93. The number of rotatable bonds is 5. The molecule has 1 aromatic heterocycles. The lowest BCUT2D eigenvalue weighted by Gasteiger charge is -2.10. The summed E-state index contributed by atoms with van der Waals surface area (Å²) in [6, 6.07) is 21.1. The number of aryl methyl sites for hydroxylation is 1. The molecule has 1 N–H and O–H groups in total. The van der Waals surface area contributed by atoms with Gasteiger partial charge >= 0.3 is 0 Å². The minimum atomic E-state index is -0.554. The fraction of sp³-hybridized carbons (Fsp3) is 0.0870. The third kappa shape index (κ3) is 4.04. The van der Waals surface area contributed by atoms with Crippen LogP contribution in [-0.4, -0.2) is 25.6 Å². The van der Waals surface area contributed by atoms with Crippen LogP contribution in [0.2, 0.25) is 0 Å². The van der Waals surface area contributed by atoms with E-state index in [4.69, 9.17) is 0 Å². The van der Waals surface area contributed by atoms with E-state index in [1.807, 2.05) is 62.4 Å². The topological polar surface area (TPSA) is 103 Å². The third-order valence-corrected chi connectivity index (χ3v) is 4.96. The molecule has 0 saturated carbocycles. The third-order valence-electron chi connectivity index (χ3n) is 4.96. The van der Waals surface area contributed by atoms with Crippen molar-refractivity contribution in [3.8, 4) is 17.1 Å². The summed E-state index contributed by atoms with van der Waals surface area (Å²) in [5.74, 6) is -0.0634. The van der Waals surface area contributed by atoms with Crippen LogP contribution in [0.25, 0.3) is 17.1 Å². The standard InChI is InChI=1S/C23H19N5O3/c1-15-8-6-13-20(16(15)2)27-22(17-9-4-3-5-10-17)25-21(26-27)23(29)24-18-11-7-12-19(14-18)28(30)31/h3-14H,1-2H3,(H,24,29). The Labute approximate surface area is 178 Å². The molecule has 0 radical (unpaired) electrons. The lowest BCUT2D eigenvalue weighted by molar-refractivity contribution is -0.384. The number of carbonyl (C=O) groups excluding carboxylic acids is 1. The van der Waals surface area contributed by atoms with Crippen molar-refractivity contribution in [3.63, 3.8) is 0 Å². The van der Waals surface area contributed by atoms with Crippen LogP contribution in [0.15, 0.2) is 72.8 Å². The van der Waals surface area contributed by atoms with Crippen LogP contribution >= 0.6 is 0 Å². The van der Waals surface area contributed by atoms with E-state index in [1.54, 1.807) is 10.7 Å².